The Morgan fingerprint density at radius 1 is 1.58 bits per heavy atom. The molecule has 108 valence electrons. The van der Waals surface area contributed by atoms with Crippen LogP contribution in [-0.4, -0.2) is 36.3 Å². The molecule has 1 aliphatic rings. The summed E-state index contributed by atoms with van der Waals surface area (Å²) >= 11 is 1.74. The van der Waals surface area contributed by atoms with Gasteiger partial charge in [-0.3, -0.25) is 0 Å². The normalized spacial score (nSPS) is 22.7. The third-order valence-corrected chi connectivity index (χ3v) is 4.06. The second kappa shape index (κ2) is 6.20. The quantitative estimate of drug-likeness (QED) is 0.843. The molecule has 0 aromatic carbocycles. The molecule has 1 unspecified atom stereocenters. The maximum Gasteiger partial charge on any atom is 0.185 e. The van der Waals surface area contributed by atoms with Crippen molar-refractivity contribution < 1.29 is 4.74 Å². The van der Waals surface area contributed by atoms with E-state index >= 15 is 0 Å². The van der Waals surface area contributed by atoms with Crippen molar-refractivity contribution in [1.82, 2.24) is 10.3 Å². The van der Waals surface area contributed by atoms with Crippen LogP contribution in [0.5, 0.6) is 0 Å². The summed E-state index contributed by atoms with van der Waals surface area (Å²) in [5.41, 5.74) is 1.05. The van der Waals surface area contributed by atoms with Crippen molar-refractivity contribution in [2.75, 3.05) is 24.5 Å². The molecule has 19 heavy (non-hydrogen) atoms. The van der Waals surface area contributed by atoms with Crippen LogP contribution in [0.15, 0.2) is 5.38 Å². The van der Waals surface area contributed by atoms with Crippen LogP contribution in [0.3, 0.4) is 0 Å². The van der Waals surface area contributed by atoms with Crippen molar-refractivity contribution in [3.63, 3.8) is 0 Å². The van der Waals surface area contributed by atoms with Crippen LogP contribution < -0.4 is 10.2 Å². The molecule has 0 aliphatic carbocycles. The van der Waals surface area contributed by atoms with Crippen LogP contribution >= 0.6 is 11.3 Å². The monoisotopic (exact) mass is 283 g/mol. The van der Waals surface area contributed by atoms with Crippen LogP contribution in [0.1, 0.15) is 39.8 Å². The SMILES string of the molecule is CCCNCc1csc(N2CC(C)OC(C)(C)C2)n1. The minimum atomic E-state index is -0.0933. The number of thiazole rings is 1. The Morgan fingerprint density at radius 3 is 3.05 bits per heavy atom. The molecule has 2 rings (SSSR count). The molecule has 1 atom stereocenters. The average molecular weight is 283 g/mol. The second-order valence-corrected chi connectivity index (χ2v) is 6.70. The first-order chi connectivity index (χ1) is 9.00. The molecule has 0 amide bonds. The standard InChI is InChI=1S/C14H25N3OS/c1-5-6-15-7-12-9-19-13(16-12)17-8-11(2)18-14(3,4)10-17/h9,11,15H,5-8,10H2,1-4H3. The molecule has 5 heteroatoms. The molecule has 4 nitrogen and oxygen atoms in total. The zero-order chi connectivity index (χ0) is 13.9. The Morgan fingerprint density at radius 2 is 2.37 bits per heavy atom. The highest BCUT2D eigenvalue weighted by Gasteiger charge is 2.32. The number of hydrogen-bond donors (Lipinski definition) is 1. The molecule has 0 radical (unpaired) electrons. The number of nitrogens with one attached hydrogen (secondary N) is 1. The van der Waals surface area contributed by atoms with E-state index in [1.54, 1.807) is 11.3 Å². The number of ether oxygens (including phenoxy) is 1. The number of aromatic nitrogens is 1. The lowest BCUT2D eigenvalue weighted by molar-refractivity contribution is -0.0749. The first-order valence-electron chi connectivity index (χ1n) is 7.08. The minimum absolute atomic E-state index is 0.0933. The van der Waals surface area contributed by atoms with Crippen LogP contribution in [0, 0.1) is 0 Å². The van der Waals surface area contributed by atoms with Crippen LogP contribution in [-0.2, 0) is 11.3 Å². The van der Waals surface area contributed by atoms with Crippen molar-refractivity contribution in [1.29, 1.82) is 0 Å². The van der Waals surface area contributed by atoms with E-state index in [9.17, 15) is 0 Å². The van der Waals surface area contributed by atoms with Gasteiger partial charge < -0.3 is 15.0 Å². The molecular formula is C14H25N3OS. The molecule has 1 aromatic heterocycles. The van der Waals surface area contributed by atoms with E-state index in [-0.39, 0.29) is 11.7 Å². The highest BCUT2D eigenvalue weighted by molar-refractivity contribution is 7.13. The molecule has 1 saturated heterocycles. The van der Waals surface area contributed by atoms with E-state index < -0.39 is 0 Å². The largest absolute Gasteiger partial charge is 0.369 e. The Balaban J connectivity index is 1.97. The number of rotatable bonds is 5. The zero-order valence-corrected chi connectivity index (χ0v) is 13.2. The van der Waals surface area contributed by atoms with Gasteiger partial charge in [-0.05, 0) is 33.7 Å². The average Bonchev–Trinajstić information content (AvgIpc) is 2.75. The molecular weight excluding hydrogens is 258 g/mol. The molecule has 0 saturated carbocycles. The van der Waals surface area contributed by atoms with Gasteiger partial charge in [0.2, 0.25) is 0 Å². The van der Waals surface area contributed by atoms with Crippen molar-refractivity contribution in [3.8, 4) is 0 Å². The molecule has 1 fully saturated rings. The van der Waals surface area contributed by atoms with E-state index in [4.69, 9.17) is 9.72 Å². The lowest BCUT2D eigenvalue weighted by Crippen LogP contribution is -2.52. The van der Waals surface area contributed by atoms with Gasteiger partial charge in [0.25, 0.3) is 0 Å². The van der Waals surface area contributed by atoms with E-state index in [0.29, 0.717) is 0 Å². The van der Waals surface area contributed by atoms with Crippen LogP contribution in [0.25, 0.3) is 0 Å². The van der Waals surface area contributed by atoms with Crippen molar-refractivity contribution >= 4 is 16.5 Å². The predicted octanol–water partition coefficient (Wildman–Crippen LogP) is 2.65. The molecule has 0 spiro atoms. The lowest BCUT2D eigenvalue weighted by atomic mass is 10.1. The van der Waals surface area contributed by atoms with Gasteiger partial charge in [0.15, 0.2) is 5.13 Å². The zero-order valence-electron chi connectivity index (χ0n) is 12.4. The summed E-state index contributed by atoms with van der Waals surface area (Å²) in [6, 6.07) is 0. The Kier molecular flexibility index (Phi) is 4.81. The molecule has 1 N–H and O–H groups in total. The van der Waals surface area contributed by atoms with Gasteiger partial charge in [-0.15, -0.1) is 11.3 Å². The van der Waals surface area contributed by atoms with Gasteiger partial charge >= 0.3 is 0 Å². The summed E-state index contributed by atoms with van der Waals surface area (Å²) in [6.45, 7) is 12.4. The third kappa shape index (κ3) is 4.16. The van der Waals surface area contributed by atoms with E-state index in [2.05, 4.69) is 43.3 Å². The van der Waals surface area contributed by atoms with Gasteiger partial charge in [0.05, 0.1) is 17.4 Å². The third-order valence-electron chi connectivity index (χ3n) is 3.11. The van der Waals surface area contributed by atoms with Crippen molar-refractivity contribution in [2.45, 2.75) is 52.4 Å². The predicted molar refractivity (Wildman–Crippen MR) is 81.0 cm³/mol. The van der Waals surface area contributed by atoms with E-state index in [1.165, 1.54) is 0 Å². The fourth-order valence-electron chi connectivity index (χ4n) is 2.52. The van der Waals surface area contributed by atoms with Gasteiger partial charge in [0.1, 0.15) is 0 Å². The fourth-order valence-corrected chi connectivity index (χ4v) is 3.35. The number of anilines is 1. The van der Waals surface area contributed by atoms with Gasteiger partial charge in [0, 0.05) is 25.0 Å². The van der Waals surface area contributed by atoms with Crippen LogP contribution in [0.2, 0.25) is 0 Å². The molecule has 2 heterocycles. The summed E-state index contributed by atoms with van der Waals surface area (Å²) in [5, 5.41) is 6.67. The Labute approximate surface area is 120 Å². The van der Waals surface area contributed by atoms with Gasteiger partial charge in [-0.25, -0.2) is 4.98 Å². The Hall–Kier alpha value is -0.650. The first-order valence-corrected chi connectivity index (χ1v) is 7.96. The topological polar surface area (TPSA) is 37.4 Å². The number of nitrogens with zero attached hydrogens (tertiary/aromatic N) is 2. The smallest absolute Gasteiger partial charge is 0.185 e. The van der Waals surface area contributed by atoms with Gasteiger partial charge in [-0.2, -0.15) is 0 Å². The minimum Gasteiger partial charge on any atom is -0.369 e. The van der Waals surface area contributed by atoms with E-state index in [0.717, 1.165) is 43.4 Å². The van der Waals surface area contributed by atoms with E-state index in [1.807, 2.05) is 0 Å². The second-order valence-electron chi connectivity index (χ2n) is 5.87. The maximum absolute atomic E-state index is 5.93. The first kappa shape index (κ1) is 14.8. The summed E-state index contributed by atoms with van der Waals surface area (Å²) in [5.74, 6) is 0. The van der Waals surface area contributed by atoms with Crippen molar-refractivity contribution in [3.05, 3.63) is 11.1 Å². The summed E-state index contributed by atoms with van der Waals surface area (Å²) in [7, 11) is 0. The van der Waals surface area contributed by atoms with Crippen molar-refractivity contribution in [2.24, 2.45) is 0 Å². The summed E-state index contributed by atoms with van der Waals surface area (Å²) in [6.07, 6.45) is 1.42. The van der Waals surface area contributed by atoms with Gasteiger partial charge in [-0.1, -0.05) is 6.92 Å². The highest BCUT2D eigenvalue weighted by Crippen LogP contribution is 2.28. The highest BCUT2D eigenvalue weighted by atomic mass is 32.1. The fraction of sp³-hybridized carbons (Fsp3) is 0.786. The Bertz CT molecular complexity index is 405. The molecule has 1 aliphatic heterocycles. The maximum atomic E-state index is 5.93. The summed E-state index contributed by atoms with van der Waals surface area (Å²) < 4.78 is 5.93. The summed E-state index contributed by atoms with van der Waals surface area (Å²) in [4.78, 5) is 7.08. The molecule has 1 aromatic rings. The molecule has 0 bridgehead atoms. The van der Waals surface area contributed by atoms with Crippen LogP contribution in [0.4, 0.5) is 5.13 Å². The number of hydrogen-bond acceptors (Lipinski definition) is 5. The number of morpholine rings is 1. The lowest BCUT2D eigenvalue weighted by Gasteiger charge is -2.41.